The van der Waals surface area contributed by atoms with Gasteiger partial charge in [0.15, 0.2) is 0 Å². The summed E-state index contributed by atoms with van der Waals surface area (Å²) in [6.45, 7) is 5.81. The van der Waals surface area contributed by atoms with Gasteiger partial charge in [-0.05, 0) is 44.1 Å². The third kappa shape index (κ3) is 2.76. The van der Waals surface area contributed by atoms with Gasteiger partial charge in [-0.15, -0.1) is 0 Å². The Labute approximate surface area is 68.4 Å². The standard InChI is InChI=1S/C8H15NS/c1-8(10)4-7-9-5-2-3-6-9/h2-7H2,1H3. The molecule has 2 heteroatoms. The number of rotatable bonds is 3. The van der Waals surface area contributed by atoms with Crippen LogP contribution in [0.4, 0.5) is 0 Å². The van der Waals surface area contributed by atoms with E-state index in [9.17, 15) is 0 Å². The van der Waals surface area contributed by atoms with Crippen molar-refractivity contribution in [3.8, 4) is 0 Å². The summed E-state index contributed by atoms with van der Waals surface area (Å²) in [6, 6.07) is 0. The van der Waals surface area contributed by atoms with Crippen molar-refractivity contribution in [1.29, 1.82) is 0 Å². The molecule has 0 spiro atoms. The minimum atomic E-state index is 1.11. The van der Waals surface area contributed by atoms with Crippen molar-refractivity contribution in [2.45, 2.75) is 26.2 Å². The topological polar surface area (TPSA) is 3.24 Å². The molecule has 0 atom stereocenters. The molecule has 0 amide bonds. The molecule has 58 valence electrons. The Kier molecular flexibility index (Phi) is 3.29. The van der Waals surface area contributed by atoms with E-state index in [1.54, 1.807) is 0 Å². The molecule has 10 heavy (non-hydrogen) atoms. The van der Waals surface area contributed by atoms with Gasteiger partial charge >= 0.3 is 0 Å². The van der Waals surface area contributed by atoms with Crippen molar-refractivity contribution in [1.82, 2.24) is 4.90 Å². The molecule has 0 saturated carbocycles. The first-order valence-corrected chi connectivity index (χ1v) is 4.41. The molecule has 1 rings (SSSR count). The van der Waals surface area contributed by atoms with Crippen LogP contribution >= 0.6 is 12.2 Å². The predicted octanol–water partition coefficient (Wildman–Crippen LogP) is 1.86. The maximum Gasteiger partial charge on any atom is 0.00267 e. The van der Waals surface area contributed by atoms with Crippen molar-refractivity contribution in [2.75, 3.05) is 19.6 Å². The minimum Gasteiger partial charge on any atom is -0.303 e. The zero-order valence-electron chi connectivity index (χ0n) is 6.60. The van der Waals surface area contributed by atoms with E-state index in [1.807, 2.05) is 6.92 Å². The fraction of sp³-hybridized carbons (Fsp3) is 0.875. The molecule has 1 fully saturated rings. The van der Waals surface area contributed by atoms with E-state index in [0.717, 1.165) is 11.3 Å². The first kappa shape index (κ1) is 8.15. The summed E-state index contributed by atoms with van der Waals surface area (Å²) in [6.07, 6.45) is 3.88. The molecule has 0 aromatic rings. The summed E-state index contributed by atoms with van der Waals surface area (Å²) in [5.74, 6) is 0. The number of thiocarbonyl (C=S) groups is 1. The van der Waals surface area contributed by atoms with Gasteiger partial charge < -0.3 is 4.90 Å². The third-order valence-electron chi connectivity index (χ3n) is 1.98. The van der Waals surface area contributed by atoms with Crippen LogP contribution < -0.4 is 0 Å². The van der Waals surface area contributed by atoms with Crippen molar-refractivity contribution in [3.63, 3.8) is 0 Å². The minimum absolute atomic E-state index is 1.11. The van der Waals surface area contributed by atoms with E-state index in [0.29, 0.717) is 0 Å². The van der Waals surface area contributed by atoms with Crippen LogP contribution in [0.2, 0.25) is 0 Å². The van der Waals surface area contributed by atoms with Crippen molar-refractivity contribution in [2.24, 2.45) is 0 Å². The molecule has 0 aromatic carbocycles. The second-order valence-corrected chi connectivity index (χ2v) is 3.70. The molecule has 1 heterocycles. The van der Waals surface area contributed by atoms with Crippen LogP contribution in [0.15, 0.2) is 0 Å². The quantitative estimate of drug-likeness (QED) is 0.575. The predicted molar refractivity (Wildman–Crippen MR) is 48.6 cm³/mol. The summed E-state index contributed by atoms with van der Waals surface area (Å²) in [5.41, 5.74) is 0. The Morgan fingerprint density at radius 2 is 2.00 bits per heavy atom. The zero-order chi connectivity index (χ0) is 7.40. The van der Waals surface area contributed by atoms with Gasteiger partial charge in [0.25, 0.3) is 0 Å². The summed E-state index contributed by atoms with van der Waals surface area (Å²) >= 11 is 5.00. The van der Waals surface area contributed by atoms with Crippen LogP contribution in [0.1, 0.15) is 26.2 Å². The molecule has 0 aromatic heterocycles. The van der Waals surface area contributed by atoms with E-state index in [1.165, 1.54) is 32.5 Å². The van der Waals surface area contributed by atoms with Gasteiger partial charge in [0.05, 0.1) is 0 Å². The second-order valence-electron chi connectivity index (χ2n) is 3.00. The lowest BCUT2D eigenvalue weighted by atomic mass is 10.3. The molecule has 1 aliphatic heterocycles. The van der Waals surface area contributed by atoms with E-state index >= 15 is 0 Å². The van der Waals surface area contributed by atoms with Crippen LogP contribution in [-0.2, 0) is 0 Å². The lowest BCUT2D eigenvalue weighted by Gasteiger charge is -2.12. The summed E-state index contributed by atoms with van der Waals surface area (Å²) in [4.78, 5) is 3.64. The second kappa shape index (κ2) is 4.04. The maximum atomic E-state index is 5.00. The smallest absolute Gasteiger partial charge is 0.00267 e. The molecule has 0 unspecified atom stereocenters. The zero-order valence-corrected chi connectivity index (χ0v) is 7.41. The average molecular weight is 157 g/mol. The third-order valence-corrected chi connectivity index (χ3v) is 2.18. The molecule has 0 radical (unpaired) electrons. The van der Waals surface area contributed by atoms with Gasteiger partial charge in [-0.25, -0.2) is 0 Å². The average Bonchev–Trinajstić information content (AvgIpc) is 2.34. The monoisotopic (exact) mass is 157 g/mol. The SMILES string of the molecule is CC(=S)CCN1CCCC1. The fourth-order valence-corrected chi connectivity index (χ4v) is 1.41. The van der Waals surface area contributed by atoms with Gasteiger partial charge in [0.2, 0.25) is 0 Å². The molecule has 1 saturated heterocycles. The largest absolute Gasteiger partial charge is 0.303 e. The van der Waals surface area contributed by atoms with Gasteiger partial charge in [0, 0.05) is 6.54 Å². The number of hydrogen-bond acceptors (Lipinski definition) is 2. The van der Waals surface area contributed by atoms with E-state index < -0.39 is 0 Å². The Morgan fingerprint density at radius 3 is 2.50 bits per heavy atom. The summed E-state index contributed by atoms with van der Waals surface area (Å²) in [5, 5.41) is 0. The van der Waals surface area contributed by atoms with Gasteiger partial charge in [-0.1, -0.05) is 12.2 Å². The number of nitrogens with zero attached hydrogens (tertiary/aromatic N) is 1. The highest BCUT2D eigenvalue weighted by Gasteiger charge is 2.09. The molecule has 0 aliphatic carbocycles. The Bertz CT molecular complexity index is 116. The molecule has 1 aliphatic rings. The van der Waals surface area contributed by atoms with Crippen molar-refractivity contribution < 1.29 is 0 Å². The Balaban J connectivity index is 2.07. The Morgan fingerprint density at radius 1 is 1.40 bits per heavy atom. The van der Waals surface area contributed by atoms with Crippen molar-refractivity contribution in [3.05, 3.63) is 0 Å². The normalized spacial score (nSPS) is 19.7. The molecular weight excluding hydrogens is 142 g/mol. The summed E-state index contributed by atoms with van der Waals surface area (Å²) < 4.78 is 0. The van der Waals surface area contributed by atoms with Crippen molar-refractivity contribution >= 4 is 17.1 Å². The van der Waals surface area contributed by atoms with Crippen LogP contribution in [0.25, 0.3) is 0 Å². The first-order chi connectivity index (χ1) is 4.79. The number of likely N-dealkylation sites (tertiary alicyclic amines) is 1. The molecular formula is C8H15NS. The fourth-order valence-electron chi connectivity index (χ4n) is 1.32. The maximum absolute atomic E-state index is 5.00. The van der Waals surface area contributed by atoms with E-state index in [-0.39, 0.29) is 0 Å². The molecule has 1 nitrogen and oxygen atoms in total. The van der Waals surface area contributed by atoms with Crippen LogP contribution in [0.5, 0.6) is 0 Å². The summed E-state index contributed by atoms with van der Waals surface area (Å²) in [7, 11) is 0. The molecule has 0 bridgehead atoms. The Hall–Kier alpha value is 0.0500. The van der Waals surface area contributed by atoms with E-state index in [2.05, 4.69) is 4.90 Å². The highest BCUT2D eigenvalue weighted by Crippen LogP contribution is 2.07. The lowest BCUT2D eigenvalue weighted by Crippen LogP contribution is -2.21. The highest BCUT2D eigenvalue weighted by atomic mass is 32.1. The van der Waals surface area contributed by atoms with Gasteiger partial charge in [-0.2, -0.15) is 0 Å². The van der Waals surface area contributed by atoms with Crippen LogP contribution in [-0.4, -0.2) is 29.4 Å². The van der Waals surface area contributed by atoms with Crippen LogP contribution in [0.3, 0.4) is 0 Å². The number of hydrogen-bond donors (Lipinski definition) is 0. The van der Waals surface area contributed by atoms with Gasteiger partial charge in [0.1, 0.15) is 0 Å². The van der Waals surface area contributed by atoms with Crippen LogP contribution in [0, 0.1) is 0 Å². The lowest BCUT2D eigenvalue weighted by molar-refractivity contribution is 0.350. The first-order valence-electron chi connectivity index (χ1n) is 4.01. The highest BCUT2D eigenvalue weighted by molar-refractivity contribution is 7.80. The van der Waals surface area contributed by atoms with Gasteiger partial charge in [-0.3, -0.25) is 0 Å². The molecule has 0 N–H and O–H groups in total. The van der Waals surface area contributed by atoms with E-state index in [4.69, 9.17) is 12.2 Å².